The summed E-state index contributed by atoms with van der Waals surface area (Å²) < 4.78 is 49.6. The predicted octanol–water partition coefficient (Wildman–Crippen LogP) is 15.7. The highest BCUT2D eigenvalue weighted by Gasteiger charge is 2.46. The molecule has 6 aliphatic rings. The number of alkyl carbamates (subject to hydrolysis) is 2. The molecule has 0 spiro atoms. The topological polar surface area (TPSA) is 385 Å². The van der Waals surface area contributed by atoms with Crippen LogP contribution in [0.1, 0.15) is 215 Å². The average Bonchev–Trinajstić information content (AvgIpc) is 1.61. The highest BCUT2D eigenvalue weighted by atomic mass is 35.5. The number of ether oxygens (including phenoxy) is 4. The predicted molar refractivity (Wildman–Crippen MR) is 483 cm³/mol. The lowest BCUT2D eigenvalue weighted by Gasteiger charge is -2.34. The van der Waals surface area contributed by atoms with Gasteiger partial charge in [-0.3, -0.25) is 38.4 Å². The summed E-state index contributed by atoms with van der Waals surface area (Å²) in [6.07, 6.45) is 6.64. The highest BCUT2D eigenvalue weighted by molar-refractivity contribution is 6.31. The molecule has 34 heteroatoms. The average molecular weight is 1800 g/mol. The molecule has 0 saturated carbocycles. The van der Waals surface area contributed by atoms with Crippen LogP contribution in [0.2, 0.25) is 10.0 Å². The smallest absolute Gasteiger partial charge is 0.407 e. The van der Waals surface area contributed by atoms with E-state index in [1.165, 1.54) is 46.6 Å². The number of hydrogen-bond donors (Lipinski definition) is 8. The Morgan fingerprint density at radius 1 is 0.422 bits per heavy atom. The Morgan fingerprint density at radius 3 is 1.09 bits per heavy atom. The Balaban J connectivity index is 0.000000219. The Morgan fingerprint density at radius 2 is 0.766 bits per heavy atom. The number of likely N-dealkylation sites (tertiary alicyclic amines) is 4. The number of H-pyrrole nitrogens is 2. The molecule has 0 radical (unpaired) electrons. The van der Waals surface area contributed by atoms with Crippen molar-refractivity contribution in [2.24, 2.45) is 35.5 Å². The molecule has 8 amide bonds. The van der Waals surface area contributed by atoms with Gasteiger partial charge in [-0.15, -0.1) is 0 Å². The zero-order valence-corrected chi connectivity index (χ0v) is 75.8. The molecule has 6 aromatic carbocycles. The molecule has 0 bridgehead atoms. The van der Waals surface area contributed by atoms with E-state index in [-0.39, 0.29) is 118 Å². The standard InChI is InChI=1S/C48H61ClFN7O8.C46H55ClFN9O6/c1-26(2)31(24-43(58)64-5)47(62)55-19-7-9-41(55)45(60)53-37-15-11-28(21-35(37)51)39-17-18-40(57(39)30-13-14-33(49)34(50)23-30)29-12-16-38(36(52)22-29)54-46(61)42-10-8-20-56(42)48(63)32(27(3)4)25-44(59)65-6;1-24(2)39(53-45(60)62-5)43(58)55-19-7-9-37(55)41-49-31-15-11-26(21-33(31)51-41)35-17-18-36(57(35)28-13-14-29(47)30(48)23-28)27-12-16-32-34(22-27)52-42(50-32)38-10-8-20-56(38)44(59)40(25(3)4)54-46(61)63-6/h11-16,21-23,26-27,31-32,39-42H,7-10,17-20,24-25,51-52H2,1-6H3,(H,53,60)(H,54,61);11-16,21-25,35-40H,7-10,17-20H2,1-6H3,(H,49,51)(H,50,52)(H,53,60)(H,54,61)/t31-,32-,39+,40+,41-,42-;35-,36-,37+,38+,39+,40+/m01/s1. The van der Waals surface area contributed by atoms with E-state index in [9.17, 15) is 47.9 Å². The summed E-state index contributed by atoms with van der Waals surface area (Å²) in [7, 11) is 5.12. The van der Waals surface area contributed by atoms with Gasteiger partial charge < -0.3 is 91.0 Å². The zero-order valence-electron chi connectivity index (χ0n) is 74.3. The molecule has 8 heterocycles. The van der Waals surface area contributed by atoms with Crippen LogP contribution in [0, 0.1) is 47.1 Å². The van der Waals surface area contributed by atoms with Crippen LogP contribution < -0.4 is 42.5 Å². The molecular formula is C94H116Cl2F2N16O14. The molecule has 30 nitrogen and oxygen atoms in total. The first kappa shape index (κ1) is 93.8. The van der Waals surface area contributed by atoms with Crippen LogP contribution in [-0.4, -0.2) is 178 Å². The van der Waals surface area contributed by atoms with Crippen LogP contribution in [0.5, 0.6) is 0 Å². The summed E-state index contributed by atoms with van der Waals surface area (Å²) in [6, 6.07) is 28.3. The number of imidazole rings is 2. The number of benzene rings is 6. The number of nitrogen functional groups attached to an aromatic ring is 2. The fraction of sp³-hybridized carbons (Fsp3) is 0.489. The SMILES string of the molecule is COC(=O)C[C@H](C(=O)N1CCC[C@H]1C(=O)Nc1ccc([C@H]2CC[C@H](c3ccc(NC(=O)[C@@H]4CCCN4C(=O)[C@@H](CC(=O)OC)C(C)C)c(N)c3)N2c2ccc(Cl)c(F)c2)cc1N)C(C)C.COC(=O)N[C@H](C(=O)N1CCC[C@H]1c1nc2ccc([C@H]3CC[C@H](c4ccc5nc([C@@H]6CCCN6C(=O)[C@@H](NC(=O)OC)C(C)C)[nH]c5c4)N3c3ccc(Cl)c(F)c3)cc2[nH]1)C(C)C. The van der Waals surface area contributed by atoms with Crippen molar-refractivity contribution < 1.29 is 75.7 Å². The van der Waals surface area contributed by atoms with Crippen LogP contribution in [0.4, 0.5) is 52.5 Å². The van der Waals surface area contributed by atoms with Crippen molar-refractivity contribution in [2.75, 3.05) is 86.5 Å². The van der Waals surface area contributed by atoms with E-state index >= 15 is 8.78 Å². The van der Waals surface area contributed by atoms with E-state index in [0.29, 0.717) is 110 Å². The van der Waals surface area contributed by atoms with Crippen molar-refractivity contribution in [3.63, 3.8) is 0 Å². The van der Waals surface area contributed by atoms with E-state index in [0.717, 1.165) is 82.8 Å². The van der Waals surface area contributed by atoms with Crippen LogP contribution >= 0.6 is 23.2 Å². The van der Waals surface area contributed by atoms with E-state index in [2.05, 4.69) is 65.3 Å². The molecule has 12 atom stereocenters. The fourth-order valence-corrected chi connectivity index (χ4v) is 19.4. The van der Waals surface area contributed by atoms with Crippen LogP contribution in [0.15, 0.2) is 109 Å². The Labute approximate surface area is 753 Å². The second kappa shape index (κ2) is 40.7. The number of carbonyl (C=O) groups excluding carboxylic acids is 10. The third-order valence-corrected chi connectivity index (χ3v) is 26.7. The number of hydrogen-bond acceptors (Lipinski definition) is 20. The maximum absolute atomic E-state index is 15.2. The summed E-state index contributed by atoms with van der Waals surface area (Å²) in [4.78, 5) is 159. The first-order chi connectivity index (χ1) is 61.2. The molecule has 0 unspecified atom stereocenters. The van der Waals surface area contributed by atoms with Crippen molar-refractivity contribution in [3.05, 3.63) is 165 Å². The number of fused-ring (bicyclic) bond motifs is 2. The van der Waals surface area contributed by atoms with Gasteiger partial charge in [0.1, 0.15) is 47.5 Å². The van der Waals surface area contributed by atoms with Gasteiger partial charge in [0.25, 0.3) is 0 Å². The Bertz CT molecular complexity index is 5200. The van der Waals surface area contributed by atoms with Gasteiger partial charge >= 0.3 is 24.1 Å². The molecule has 6 aliphatic heterocycles. The number of rotatable bonds is 26. The number of nitrogens with zero attached hydrogens (tertiary/aromatic N) is 8. The van der Waals surface area contributed by atoms with E-state index in [4.69, 9.17) is 63.6 Å². The number of aromatic nitrogens is 4. The van der Waals surface area contributed by atoms with Crippen molar-refractivity contribution in [3.8, 4) is 0 Å². The third-order valence-electron chi connectivity index (χ3n) is 26.1. The largest absolute Gasteiger partial charge is 0.469 e. The number of carbonyl (C=O) groups is 10. The van der Waals surface area contributed by atoms with Crippen LogP contribution in [-0.2, 0) is 57.3 Å². The summed E-state index contributed by atoms with van der Waals surface area (Å²) in [5.74, 6) is -4.16. The van der Waals surface area contributed by atoms with E-state index < -0.39 is 71.8 Å². The van der Waals surface area contributed by atoms with Crippen molar-refractivity contribution in [1.82, 2.24) is 50.2 Å². The van der Waals surface area contributed by atoms with Crippen LogP contribution in [0.25, 0.3) is 22.1 Å². The van der Waals surface area contributed by atoms with Gasteiger partial charge in [-0.2, -0.15) is 0 Å². The molecule has 128 heavy (non-hydrogen) atoms. The van der Waals surface area contributed by atoms with Gasteiger partial charge in [-0.05, 0) is 208 Å². The first-order valence-corrected chi connectivity index (χ1v) is 44.9. The summed E-state index contributed by atoms with van der Waals surface area (Å²) in [5, 5.41) is 11.3. The Hall–Kier alpha value is -11.8. The van der Waals surface area contributed by atoms with Crippen molar-refractivity contribution >= 4 is 139 Å². The number of amides is 8. The first-order valence-electron chi connectivity index (χ1n) is 44.1. The van der Waals surface area contributed by atoms with E-state index in [1.807, 2.05) is 85.7 Å². The van der Waals surface area contributed by atoms with E-state index in [1.54, 1.807) is 56.0 Å². The maximum Gasteiger partial charge on any atom is 0.407 e. The minimum atomic E-state index is -0.738. The molecular weight excluding hydrogens is 1690 g/mol. The fourth-order valence-electron chi connectivity index (χ4n) is 19.2. The molecule has 8 aromatic rings. The highest BCUT2D eigenvalue weighted by Crippen LogP contribution is 2.51. The summed E-state index contributed by atoms with van der Waals surface area (Å²) >= 11 is 12.3. The Kier molecular flexibility index (Phi) is 29.8. The van der Waals surface area contributed by atoms with Gasteiger partial charge in [0.05, 0.1) is 144 Å². The zero-order chi connectivity index (χ0) is 92.0. The van der Waals surface area contributed by atoms with Gasteiger partial charge in [-0.25, -0.2) is 28.3 Å². The number of nitrogens with one attached hydrogen (secondary N) is 6. The number of nitrogens with two attached hydrogens (primary N) is 2. The summed E-state index contributed by atoms with van der Waals surface area (Å²) in [5.41, 5.74) is 22.7. The van der Waals surface area contributed by atoms with Crippen LogP contribution in [0.3, 0.4) is 0 Å². The number of halogens is 4. The minimum absolute atomic E-state index is 0.0221. The number of esters is 2. The molecule has 6 saturated heterocycles. The number of anilines is 6. The van der Waals surface area contributed by atoms with Gasteiger partial charge in [0, 0.05) is 37.6 Å². The maximum atomic E-state index is 15.2. The van der Waals surface area contributed by atoms with Crippen molar-refractivity contribution in [1.29, 1.82) is 0 Å². The molecule has 0 aliphatic carbocycles. The molecule has 14 rings (SSSR count). The lowest BCUT2D eigenvalue weighted by Crippen LogP contribution is -2.51. The number of methoxy groups -OCH3 is 4. The molecule has 2 aromatic heterocycles. The quantitative estimate of drug-likeness (QED) is 0.0142. The number of aromatic amines is 2. The van der Waals surface area contributed by atoms with Gasteiger partial charge in [0.15, 0.2) is 0 Å². The molecule has 10 N–H and O–H groups in total. The third kappa shape index (κ3) is 20.3. The minimum Gasteiger partial charge on any atom is -0.469 e. The second-order valence-electron chi connectivity index (χ2n) is 35.4. The lowest BCUT2D eigenvalue weighted by molar-refractivity contribution is -0.149. The van der Waals surface area contributed by atoms with Crippen molar-refractivity contribution in [2.45, 2.75) is 206 Å². The monoisotopic (exact) mass is 1800 g/mol. The second-order valence-corrected chi connectivity index (χ2v) is 36.2. The molecule has 6 fully saturated rings. The molecule has 684 valence electrons. The van der Waals surface area contributed by atoms with Gasteiger partial charge in [-0.1, -0.05) is 103 Å². The lowest BCUT2D eigenvalue weighted by atomic mass is 9.90. The summed E-state index contributed by atoms with van der Waals surface area (Å²) in [6.45, 7) is 16.9. The van der Waals surface area contributed by atoms with Gasteiger partial charge in [0.2, 0.25) is 35.4 Å². The normalized spacial score (nSPS) is 20.8.